The van der Waals surface area contributed by atoms with Crippen LogP contribution in [0.15, 0.2) is 6.08 Å². The van der Waals surface area contributed by atoms with Crippen molar-refractivity contribution in [1.82, 2.24) is 20.0 Å². The van der Waals surface area contributed by atoms with Gasteiger partial charge in [-0.3, -0.25) is 14.3 Å². The summed E-state index contributed by atoms with van der Waals surface area (Å²) in [5, 5.41) is 7.43. The van der Waals surface area contributed by atoms with Crippen molar-refractivity contribution in [3.8, 4) is 0 Å². The Morgan fingerprint density at radius 2 is 2.14 bits per heavy atom. The van der Waals surface area contributed by atoms with Gasteiger partial charge in [0.15, 0.2) is 0 Å². The first-order chi connectivity index (χ1) is 9.75. The SMILES string of the molecule is Cc1nn(C)c(Cl)c1C=CC(=O)N1CCNC(=O)C1(C)C. The molecule has 2 heterocycles. The summed E-state index contributed by atoms with van der Waals surface area (Å²) in [7, 11) is 1.74. The van der Waals surface area contributed by atoms with Crippen LogP contribution in [0.2, 0.25) is 5.15 Å². The number of aromatic nitrogens is 2. The van der Waals surface area contributed by atoms with E-state index in [0.29, 0.717) is 23.8 Å². The summed E-state index contributed by atoms with van der Waals surface area (Å²) in [5.74, 6) is -0.361. The molecule has 1 fully saturated rings. The summed E-state index contributed by atoms with van der Waals surface area (Å²) in [5.41, 5.74) is 0.613. The molecule has 1 N–H and O–H groups in total. The molecule has 1 saturated heterocycles. The number of carbonyl (C=O) groups is 2. The van der Waals surface area contributed by atoms with E-state index < -0.39 is 5.54 Å². The molecule has 0 aliphatic carbocycles. The van der Waals surface area contributed by atoms with Crippen LogP contribution >= 0.6 is 11.6 Å². The second-order valence-electron chi connectivity index (χ2n) is 5.55. The van der Waals surface area contributed by atoms with Crippen LogP contribution in [0.1, 0.15) is 25.1 Å². The molecule has 0 spiro atoms. The first kappa shape index (κ1) is 15.6. The summed E-state index contributed by atoms with van der Waals surface area (Å²) >= 11 is 6.12. The minimum absolute atomic E-state index is 0.147. The second kappa shape index (κ2) is 5.52. The smallest absolute Gasteiger partial charge is 0.247 e. The van der Waals surface area contributed by atoms with Gasteiger partial charge < -0.3 is 10.2 Å². The Balaban J connectivity index is 2.21. The van der Waals surface area contributed by atoms with E-state index in [2.05, 4.69) is 10.4 Å². The Labute approximate surface area is 128 Å². The fourth-order valence-electron chi connectivity index (χ4n) is 2.37. The fraction of sp³-hybridized carbons (Fsp3) is 0.500. The molecule has 0 bridgehead atoms. The number of carbonyl (C=O) groups excluding carboxylic acids is 2. The van der Waals surface area contributed by atoms with E-state index in [1.165, 1.54) is 6.08 Å². The highest BCUT2D eigenvalue weighted by atomic mass is 35.5. The molecule has 6 nitrogen and oxygen atoms in total. The lowest BCUT2D eigenvalue weighted by atomic mass is 9.98. The second-order valence-corrected chi connectivity index (χ2v) is 5.91. The topological polar surface area (TPSA) is 67.2 Å². The van der Waals surface area contributed by atoms with Gasteiger partial charge in [-0.2, -0.15) is 5.10 Å². The zero-order chi connectivity index (χ0) is 15.8. The van der Waals surface area contributed by atoms with Crippen molar-refractivity contribution in [1.29, 1.82) is 0 Å². The summed E-state index contributed by atoms with van der Waals surface area (Å²) in [6.07, 6.45) is 3.09. The minimum Gasteiger partial charge on any atom is -0.352 e. The maximum absolute atomic E-state index is 12.4. The maximum atomic E-state index is 12.4. The van der Waals surface area contributed by atoms with E-state index in [1.807, 2.05) is 6.92 Å². The average Bonchev–Trinajstić information content (AvgIpc) is 2.64. The first-order valence-corrected chi connectivity index (χ1v) is 7.10. The van der Waals surface area contributed by atoms with Crippen LogP contribution in [0, 0.1) is 6.92 Å². The average molecular weight is 311 g/mol. The van der Waals surface area contributed by atoms with Gasteiger partial charge in [-0.15, -0.1) is 0 Å². The molecule has 1 aliphatic rings. The minimum atomic E-state index is -0.854. The Kier molecular flexibility index (Phi) is 4.09. The van der Waals surface area contributed by atoms with Crippen LogP contribution in [-0.4, -0.2) is 45.1 Å². The molecule has 1 aliphatic heterocycles. The lowest BCUT2D eigenvalue weighted by Crippen LogP contribution is -2.63. The number of amides is 2. The Morgan fingerprint density at radius 3 is 2.71 bits per heavy atom. The highest BCUT2D eigenvalue weighted by Gasteiger charge is 2.39. The quantitative estimate of drug-likeness (QED) is 0.833. The largest absolute Gasteiger partial charge is 0.352 e. The normalized spacial score (nSPS) is 18.1. The lowest BCUT2D eigenvalue weighted by molar-refractivity contribution is -0.146. The molecule has 0 saturated carbocycles. The zero-order valence-corrected chi connectivity index (χ0v) is 13.4. The van der Waals surface area contributed by atoms with E-state index in [0.717, 1.165) is 5.69 Å². The van der Waals surface area contributed by atoms with Crippen molar-refractivity contribution in [2.45, 2.75) is 26.3 Å². The molecular weight excluding hydrogens is 292 g/mol. The van der Waals surface area contributed by atoms with Crippen LogP contribution in [0.4, 0.5) is 0 Å². The predicted octanol–water partition coefficient (Wildman–Crippen LogP) is 1.13. The molecule has 2 rings (SSSR count). The van der Waals surface area contributed by atoms with E-state index in [9.17, 15) is 9.59 Å². The van der Waals surface area contributed by atoms with Crippen LogP contribution < -0.4 is 5.32 Å². The fourth-order valence-corrected chi connectivity index (χ4v) is 2.60. The third-order valence-corrected chi connectivity index (χ3v) is 4.15. The zero-order valence-electron chi connectivity index (χ0n) is 12.6. The summed E-state index contributed by atoms with van der Waals surface area (Å²) in [6.45, 7) is 6.25. The molecule has 0 radical (unpaired) electrons. The molecular formula is C14H19ClN4O2. The highest BCUT2D eigenvalue weighted by Crippen LogP contribution is 2.22. The number of hydrogen-bond acceptors (Lipinski definition) is 3. The predicted molar refractivity (Wildman–Crippen MR) is 80.8 cm³/mol. The van der Waals surface area contributed by atoms with Gasteiger partial charge >= 0.3 is 0 Å². The number of aryl methyl sites for hydroxylation is 2. The van der Waals surface area contributed by atoms with Crippen molar-refractivity contribution in [3.05, 3.63) is 22.5 Å². The van der Waals surface area contributed by atoms with E-state index in [4.69, 9.17) is 11.6 Å². The van der Waals surface area contributed by atoms with Crippen LogP contribution in [0.3, 0.4) is 0 Å². The van der Waals surface area contributed by atoms with Crippen LogP contribution in [0.5, 0.6) is 0 Å². The molecule has 2 amide bonds. The Bertz CT molecular complexity index is 619. The third kappa shape index (κ3) is 2.81. The summed E-state index contributed by atoms with van der Waals surface area (Å²) in [4.78, 5) is 25.8. The van der Waals surface area contributed by atoms with E-state index in [-0.39, 0.29) is 11.8 Å². The van der Waals surface area contributed by atoms with Gasteiger partial charge in [0, 0.05) is 31.8 Å². The number of piperazine rings is 1. The van der Waals surface area contributed by atoms with Crippen molar-refractivity contribution in [2.24, 2.45) is 7.05 Å². The van der Waals surface area contributed by atoms with Crippen molar-refractivity contribution >= 4 is 29.5 Å². The van der Waals surface area contributed by atoms with E-state index >= 15 is 0 Å². The standard InChI is InChI=1S/C14H19ClN4O2/c1-9-10(12(15)18(4)17-9)5-6-11(20)19-8-7-16-13(21)14(19,2)3/h5-6H,7-8H2,1-4H3,(H,16,21). The number of nitrogens with one attached hydrogen (secondary N) is 1. The van der Waals surface area contributed by atoms with Crippen molar-refractivity contribution in [2.75, 3.05) is 13.1 Å². The molecule has 21 heavy (non-hydrogen) atoms. The molecule has 0 unspecified atom stereocenters. The highest BCUT2D eigenvalue weighted by molar-refractivity contribution is 6.31. The first-order valence-electron chi connectivity index (χ1n) is 6.72. The van der Waals surface area contributed by atoms with Gasteiger partial charge in [0.2, 0.25) is 11.8 Å². The number of halogens is 1. The summed E-state index contributed by atoms with van der Waals surface area (Å²) in [6, 6.07) is 0. The van der Waals surface area contributed by atoms with Crippen molar-refractivity contribution < 1.29 is 9.59 Å². The number of rotatable bonds is 2. The molecule has 114 valence electrons. The molecule has 7 heteroatoms. The maximum Gasteiger partial charge on any atom is 0.247 e. The van der Waals surface area contributed by atoms with Gasteiger partial charge in [-0.25, -0.2) is 0 Å². The number of hydrogen-bond donors (Lipinski definition) is 1. The van der Waals surface area contributed by atoms with Gasteiger partial charge in [0.05, 0.1) is 5.69 Å². The molecule has 0 atom stereocenters. The van der Waals surface area contributed by atoms with Crippen molar-refractivity contribution in [3.63, 3.8) is 0 Å². The third-order valence-electron chi connectivity index (χ3n) is 3.71. The van der Waals surface area contributed by atoms with E-state index in [1.54, 1.807) is 36.6 Å². The van der Waals surface area contributed by atoms with Crippen LogP contribution in [0.25, 0.3) is 6.08 Å². The molecule has 1 aromatic heterocycles. The van der Waals surface area contributed by atoms with Gasteiger partial charge in [0.1, 0.15) is 10.7 Å². The number of nitrogens with zero attached hydrogens (tertiary/aromatic N) is 3. The summed E-state index contributed by atoms with van der Waals surface area (Å²) < 4.78 is 1.55. The Hall–Kier alpha value is -1.82. The Morgan fingerprint density at radius 1 is 1.48 bits per heavy atom. The monoisotopic (exact) mass is 310 g/mol. The molecule has 1 aromatic rings. The molecule has 0 aromatic carbocycles. The lowest BCUT2D eigenvalue weighted by Gasteiger charge is -2.40. The van der Waals surface area contributed by atoms with Gasteiger partial charge in [0.25, 0.3) is 0 Å². The van der Waals surface area contributed by atoms with Gasteiger partial charge in [-0.05, 0) is 26.8 Å². The van der Waals surface area contributed by atoms with Gasteiger partial charge in [-0.1, -0.05) is 11.6 Å². The van der Waals surface area contributed by atoms with Crippen LogP contribution in [-0.2, 0) is 16.6 Å².